The maximum absolute atomic E-state index is 12.9. The summed E-state index contributed by atoms with van der Waals surface area (Å²) in [6, 6.07) is 16.2. The maximum Gasteiger partial charge on any atom is 0.328 e. The standard InChI is InChI=1S/C27H31N3O5/c1-19(25(32)29-22(27(34)35-2)18-21-12-7-4-8-13-21)28-26(33)23-14-9-17-30(23)24(31)16-15-20-10-5-3-6-11-20/h3-8,10-13,15-16,19,22-23H,9,14,17-18H2,1-2H3,(H,28,33)(H,29,32). The monoisotopic (exact) mass is 477 g/mol. The van der Waals surface area contributed by atoms with Crippen LogP contribution in [0.5, 0.6) is 0 Å². The third-order valence-corrected chi connectivity index (χ3v) is 5.89. The lowest BCUT2D eigenvalue weighted by atomic mass is 10.1. The molecule has 2 N–H and O–H groups in total. The SMILES string of the molecule is COC(=O)C(Cc1ccccc1)NC(=O)C(C)NC(=O)C1CCCN1C(=O)C=Cc1ccccc1. The van der Waals surface area contributed by atoms with Crippen molar-refractivity contribution < 1.29 is 23.9 Å². The number of carbonyl (C=O) groups excluding carboxylic acids is 4. The number of hydrogen-bond donors (Lipinski definition) is 2. The van der Waals surface area contributed by atoms with Crippen molar-refractivity contribution in [3.8, 4) is 0 Å². The number of carbonyl (C=O) groups is 4. The molecule has 8 heteroatoms. The summed E-state index contributed by atoms with van der Waals surface area (Å²) >= 11 is 0. The average Bonchev–Trinajstić information content (AvgIpc) is 3.38. The normalized spacial score (nSPS) is 17.0. The molecule has 0 aliphatic carbocycles. The molecule has 8 nitrogen and oxygen atoms in total. The third kappa shape index (κ3) is 7.27. The predicted octanol–water partition coefficient (Wildman–Crippen LogP) is 2.10. The van der Waals surface area contributed by atoms with Gasteiger partial charge in [-0.3, -0.25) is 14.4 Å². The van der Waals surface area contributed by atoms with Gasteiger partial charge in [-0.2, -0.15) is 0 Å². The fourth-order valence-corrected chi connectivity index (χ4v) is 3.99. The Kier molecular flexibility index (Phi) is 9.17. The highest BCUT2D eigenvalue weighted by molar-refractivity contribution is 5.97. The average molecular weight is 478 g/mol. The number of amides is 3. The first-order valence-corrected chi connectivity index (χ1v) is 11.6. The molecule has 0 aromatic heterocycles. The second-order valence-electron chi connectivity index (χ2n) is 8.44. The minimum absolute atomic E-state index is 0.253. The molecule has 184 valence electrons. The van der Waals surface area contributed by atoms with Gasteiger partial charge in [-0.1, -0.05) is 60.7 Å². The first kappa shape index (κ1) is 25.7. The minimum Gasteiger partial charge on any atom is -0.467 e. The summed E-state index contributed by atoms with van der Waals surface area (Å²) in [5, 5.41) is 5.35. The van der Waals surface area contributed by atoms with E-state index in [-0.39, 0.29) is 12.3 Å². The molecule has 2 aromatic carbocycles. The van der Waals surface area contributed by atoms with Crippen molar-refractivity contribution in [2.75, 3.05) is 13.7 Å². The zero-order chi connectivity index (χ0) is 25.2. The number of rotatable bonds is 9. The third-order valence-electron chi connectivity index (χ3n) is 5.89. The van der Waals surface area contributed by atoms with E-state index in [1.165, 1.54) is 18.1 Å². The van der Waals surface area contributed by atoms with Gasteiger partial charge in [-0.05, 0) is 37.0 Å². The molecule has 3 amide bonds. The Morgan fingerprint density at radius 1 is 1.03 bits per heavy atom. The lowest BCUT2D eigenvalue weighted by molar-refractivity contribution is -0.145. The first-order valence-electron chi connectivity index (χ1n) is 11.6. The Bertz CT molecular complexity index is 1060. The Hall–Kier alpha value is -3.94. The molecule has 0 radical (unpaired) electrons. The number of benzene rings is 2. The fraction of sp³-hybridized carbons (Fsp3) is 0.333. The minimum atomic E-state index is -0.900. The number of hydrogen-bond acceptors (Lipinski definition) is 5. The van der Waals surface area contributed by atoms with Gasteiger partial charge >= 0.3 is 5.97 Å². The van der Waals surface area contributed by atoms with Crippen molar-refractivity contribution in [2.45, 2.75) is 44.3 Å². The Labute approximate surface area is 205 Å². The molecule has 1 saturated heterocycles. The van der Waals surface area contributed by atoms with Crippen LogP contribution in [-0.2, 0) is 30.3 Å². The number of ether oxygens (including phenoxy) is 1. The van der Waals surface area contributed by atoms with Crippen molar-refractivity contribution in [2.24, 2.45) is 0 Å². The molecular formula is C27H31N3O5. The predicted molar refractivity (Wildman–Crippen MR) is 132 cm³/mol. The molecule has 3 rings (SSSR count). The molecule has 0 bridgehead atoms. The first-order chi connectivity index (χ1) is 16.9. The highest BCUT2D eigenvalue weighted by atomic mass is 16.5. The number of nitrogens with zero attached hydrogens (tertiary/aromatic N) is 1. The summed E-state index contributed by atoms with van der Waals surface area (Å²) in [5.41, 5.74) is 1.76. The van der Waals surface area contributed by atoms with Gasteiger partial charge in [0.05, 0.1) is 7.11 Å². The van der Waals surface area contributed by atoms with Gasteiger partial charge in [0.15, 0.2) is 0 Å². The summed E-state index contributed by atoms with van der Waals surface area (Å²) in [6.45, 7) is 2.01. The molecule has 0 spiro atoms. The number of nitrogens with one attached hydrogen (secondary N) is 2. The summed E-state index contributed by atoms with van der Waals surface area (Å²) in [6.07, 6.45) is 4.65. The molecule has 0 saturated carbocycles. The van der Waals surface area contributed by atoms with Crippen LogP contribution in [-0.4, -0.2) is 60.4 Å². The molecule has 1 aliphatic rings. The van der Waals surface area contributed by atoms with Gasteiger partial charge in [-0.25, -0.2) is 4.79 Å². The van der Waals surface area contributed by atoms with Crippen LogP contribution in [0.15, 0.2) is 66.7 Å². The lowest BCUT2D eigenvalue weighted by Gasteiger charge is -2.25. The van der Waals surface area contributed by atoms with Crippen LogP contribution in [0, 0.1) is 0 Å². The Morgan fingerprint density at radius 2 is 1.69 bits per heavy atom. The summed E-state index contributed by atoms with van der Waals surface area (Å²) < 4.78 is 4.83. The van der Waals surface area contributed by atoms with Gasteiger partial charge in [0.1, 0.15) is 18.1 Å². The van der Waals surface area contributed by atoms with Crippen LogP contribution in [0.25, 0.3) is 6.08 Å². The van der Waals surface area contributed by atoms with Crippen molar-refractivity contribution in [1.29, 1.82) is 0 Å². The molecule has 3 atom stereocenters. The quantitative estimate of drug-likeness (QED) is 0.425. The van der Waals surface area contributed by atoms with Crippen LogP contribution in [0.4, 0.5) is 0 Å². The van der Waals surface area contributed by atoms with Gasteiger partial charge in [0.25, 0.3) is 0 Å². The van der Waals surface area contributed by atoms with E-state index < -0.39 is 35.9 Å². The number of esters is 1. The molecule has 1 aliphatic heterocycles. The largest absolute Gasteiger partial charge is 0.467 e. The Balaban J connectivity index is 1.58. The van der Waals surface area contributed by atoms with Gasteiger partial charge in [0, 0.05) is 19.0 Å². The van der Waals surface area contributed by atoms with Gasteiger partial charge in [0.2, 0.25) is 17.7 Å². The van der Waals surface area contributed by atoms with Crippen molar-refractivity contribution >= 4 is 29.8 Å². The van der Waals surface area contributed by atoms with Crippen molar-refractivity contribution in [3.63, 3.8) is 0 Å². The van der Waals surface area contributed by atoms with Gasteiger partial charge in [-0.15, -0.1) is 0 Å². The zero-order valence-electron chi connectivity index (χ0n) is 20.0. The van der Waals surface area contributed by atoms with E-state index in [0.717, 1.165) is 11.1 Å². The van der Waals surface area contributed by atoms with E-state index in [9.17, 15) is 19.2 Å². The van der Waals surface area contributed by atoms with Crippen LogP contribution < -0.4 is 10.6 Å². The van der Waals surface area contributed by atoms with E-state index in [1.54, 1.807) is 13.0 Å². The molecular weight excluding hydrogens is 446 g/mol. The van der Waals surface area contributed by atoms with E-state index in [0.29, 0.717) is 19.4 Å². The molecule has 2 aromatic rings. The smallest absolute Gasteiger partial charge is 0.328 e. The zero-order valence-corrected chi connectivity index (χ0v) is 20.0. The topological polar surface area (TPSA) is 105 Å². The second kappa shape index (κ2) is 12.5. The maximum atomic E-state index is 12.9. The molecule has 1 fully saturated rings. The van der Waals surface area contributed by atoms with Gasteiger partial charge < -0.3 is 20.3 Å². The number of likely N-dealkylation sites (tertiary alicyclic amines) is 1. The number of methoxy groups -OCH3 is 1. The summed E-state index contributed by atoms with van der Waals surface area (Å²) in [7, 11) is 1.26. The summed E-state index contributed by atoms with van der Waals surface area (Å²) in [4.78, 5) is 52.1. The van der Waals surface area contributed by atoms with Crippen LogP contribution in [0.2, 0.25) is 0 Å². The van der Waals surface area contributed by atoms with Crippen LogP contribution in [0.3, 0.4) is 0 Å². The van der Waals surface area contributed by atoms with Crippen molar-refractivity contribution in [3.05, 3.63) is 77.9 Å². The lowest BCUT2D eigenvalue weighted by Crippen LogP contribution is -2.54. The molecule has 3 unspecified atom stereocenters. The summed E-state index contributed by atoms with van der Waals surface area (Å²) in [5.74, 6) is -1.73. The highest BCUT2D eigenvalue weighted by Crippen LogP contribution is 2.18. The molecule has 1 heterocycles. The van der Waals surface area contributed by atoms with E-state index in [4.69, 9.17) is 4.74 Å². The molecule has 35 heavy (non-hydrogen) atoms. The van der Waals surface area contributed by atoms with Crippen LogP contribution >= 0.6 is 0 Å². The Morgan fingerprint density at radius 3 is 2.34 bits per heavy atom. The second-order valence-corrected chi connectivity index (χ2v) is 8.44. The fourth-order valence-electron chi connectivity index (χ4n) is 3.99. The van der Waals surface area contributed by atoms with E-state index in [1.807, 2.05) is 60.7 Å². The van der Waals surface area contributed by atoms with Crippen LogP contribution in [0.1, 0.15) is 30.9 Å². The van der Waals surface area contributed by atoms with E-state index in [2.05, 4.69) is 10.6 Å². The van der Waals surface area contributed by atoms with Crippen molar-refractivity contribution in [1.82, 2.24) is 15.5 Å². The highest BCUT2D eigenvalue weighted by Gasteiger charge is 2.34. The van der Waals surface area contributed by atoms with E-state index >= 15 is 0 Å².